The van der Waals surface area contributed by atoms with E-state index in [0.29, 0.717) is 17.9 Å². The second-order valence-electron chi connectivity index (χ2n) is 9.05. The maximum atomic E-state index is 12.9. The lowest BCUT2D eigenvalue weighted by Crippen LogP contribution is -2.50. The van der Waals surface area contributed by atoms with Crippen molar-refractivity contribution >= 4 is 22.8 Å². The van der Waals surface area contributed by atoms with Crippen molar-refractivity contribution in [2.75, 3.05) is 38.5 Å². The summed E-state index contributed by atoms with van der Waals surface area (Å²) in [4.78, 5) is 31.2. The Bertz CT molecular complexity index is 1100. The number of carbonyl (C=O) groups is 1. The second-order valence-corrected chi connectivity index (χ2v) is 9.05. The van der Waals surface area contributed by atoms with Crippen molar-refractivity contribution < 1.29 is 9.21 Å². The normalized spacial score (nSPS) is 22.8. The maximum Gasteiger partial charge on any atom is 0.229 e. The van der Waals surface area contributed by atoms with E-state index < -0.39 is 0 Å². The third-order valence-electron chi connectivity index (χ3n) is 6.85. The highest BCUT2D eigenvalue weighted by Gasteiger charge is 2.30. The molecule has 5 rings (SSSR count). The Hall–Kier alpha value is -2.84. The zero-order valence-electron chi connectivity index (χ0n) is 18.8. The van der Waals surface area contributed by atoms with Gasteiger partial charge >= 0.3 is 0 Å². The Morgan fingerprint density at radius 2 is 1.88 bits per heavy atom. The fourth-order valence-electron chi connectivity index (χ4n) is 4.84. The summed E-state index contributed by atoms with van der Waals surface area (Å²) in [6, 6.07) is 6.49. The van der Waals surface area contributed by atoms with Crippen LogP contribution in [-0.2, 0) is 4.79 Å². The van der Waals surface area contributed by atoms with Gasteiger partial charge in [-0.1, -0.05) is 12.1 Å². The number of oxazole rings is 1. The molecule has 0 spiro atoms. The number of rotatable bonds is 4. The van der Waals surface area contributed by atoms with Crippen LogP contribution in [-0.4, -0.2) is 69.9 Å². The largest absolute Gasteiger partial charge is 0.449 e. The molecule has 3 heterocycles. The first-order valence-corrected chi connectivity index (χ1v) is 11.5. The molecule has 1 N–H and O–H groups in total. The van der Waals surface area contributed by atoms with Crippen LogP contribution in [0.1, 0.15) is 31.6 Å². The monoisotopic (exact) mass is 434 g/mol. The predicted molar refractivity (Wildman–Crippen MR) is 123 cm³/mol. The van der Waals surface area contributed by atoms with Gasteiger partial charge in [-0.05, 0) is 38.8 Å². The molecule has 1 aliphatic carbocycles. The Morgan fingerprint density at radius 3 is 2.59 bits per heavy atom. The molecule has 1 aliphatic heterocycles. The number of benzene rings is 1. The number of piperazine rings is 1. The van der Waals surface area contributed by atoms with Crippen LogP contribution in [0.2, 0.25) is 0 Å². The number of hydrogen-bond acceptors (Lipinski definition) is 7. The molecule has 3 aromatic rings. The molecule has 0 radical (unpaired) electrons. The quantitative estimate of drug-likeness (QED) is 0.674. The van der Waals surface area contributed by atoms with Crippen LogP contribution in [0.5, 0.6) is 0 Å². The van der Waals surface area contributed by atoms with Crippen molar-refractivity contribution in [2.24, 2.45) is 5.92 Å². The van der Waals surface area contributed by atoms with Crippen LogP contribution >= 0.6 is 0 Å². The summed E-state index contributed by atoms with van der Waals surface area (Å²) >= 11 is 0. The molecular formula is C24H30N6O2. The van der Waals surface area contributed by atoms with Crippen molar-refractivity contribution in [2.45, 2.75) is 38.6 Å². The van der Waals surface area contributed by atoms with Crippen LogP contribution in [0.15, 0.2) is 35.1 Å². The van der Waals surface area contributed by atoms with Crippen LogP contribution in [0.3, 0.4) is 0 Å². The number of aromatic nitrogens is 3. The maximum absolute atomic E-state index is 12.9. The Labute approximate surface area is 188 Å². The highest BCUT2D eigenvalue weighted by molar-refractivity contribution is 5.92. The van der Waals surface area contributed by atoms with Gasteiger partial charge in [-0.15, -0.1) is 0 Å². The van der Waals surface area contributed by atoms with Gasteiger partial charge in [-0.25, -0.2) is 15.0 Å². The molecule has 32 heavy (non-hydrogen) atoms. The molecule has 8 nitrogen and oxygen atoms in total. The summed E-state index contributed by atoms with van der Waals surface area (Å²) in [5.41, 5.74) is 2.46. The number of fused-ring (bicyclic) bond motifs is 1. The molecule has 1 aromatic carbocycles. The lowest BCUT2D eigenvalue weighted by atomic mass is 9.84. The minimum absolute atomic E-state index is 0.0300. The van der Waals surface area contributed by atoms with E-state index in [0.717, 1.165) is 74.0 Å². The van der Waals surface area contributed by atoms with Gasteiger partial charge in [-0.2, -0.15) is 0 Å². The lowest BCUT2D eigenvalue weighted by Gasteiger charge is -2.40. The first-order valence-electron chi connectivity index (χ1n) is 11.5. The number of carbonyl (C=O) groups excluding carboxylic acids is 1. The van der Waals surface area contributed by atoms with Crippen LogP contribution in [0.25, 0.3) is 22.2 Å². The highest BCUT2D eigenvalue weighted by atomic mass is 16.3. The molecule has 0 bridgehead atoms. The summed E-state index contributed by atoms with van der Waals surface area (Å²) in [7, 11) is 2.18. The Kier molecular flexibility index (Phi) is 5.89. The number of likely N-dealkylation sites (N-methyl/N-ethyl adjacent to an activating group) is 1. The molecule has 168 valence electrons. The second kappa shape index (κ2) is 8.96. The number of nitrogens with zero attached hydrogens (tertiary/aromatic N) is 5. The van der Waals surface area contributed by atoms with E-state index in [1.54, 1.807) is 12.5 Å². The van der Waals surface area contributed by atoms with Gasteiger partial charge in [0.1, 0.15) is 12.0 Å². The SMILES string of the molecule is Cc1nc(-c2ccc3cnc(NC(=O)[C@H]4CC[C@H](N5CCN(C)CC5)CC4)nc3c2)co1. The highest BCUT2D eigenvalue weighted by Crippen LogP contribution is 2.29. The van der Waals surface area contributed by atoms with E-state index in [9.17, 15) is 4.79 Å². The molecular weight excluding hydrogens is 404 g/mol. The van der Waals surface area contributed by atoms with Gasteiger partial charge in [0.2, 0.25) is 11.9 Å². The van der Waals surface area contributed by atoms with Crippen molar-refractivity contribution in [3.05, 3.63) is 36.5 Å². The first-order chi connectivity index (χ1) is 15.5. The molecule has 2 aromatic heterocycles. The molecule has 8 heteroatoms. The summed E-state index contributed by atoms with van der Waals surface area (Å²) in [5, 5.41) is 3.87. The molecule has 2 aliphatic rings. The molecule has 0 atom stereocenters. The van der Waals surface area contributed by atoms with E-state index in [1.807, 2.05) is 25.1 Å². The van der Waals surface area contributed by atoms with Gasteiger partial charge in [0.15, 0.2) is 5.89 Å². The van der Waals surface area contributed by atoms with Gasteiger partial charge < -0.3 is 9.32 Å². The van der Waals surface area contributed by atoms with E-state index in [1.165, 1.54) is 0 Å². The number of hydrogen-bond donors (Lipinski definition) is 1. The van der Waals surface area contributed by atoms with Gasteiger partial charge in [0, 0.05) is 62.2 Å². The molecule has 0 unspecified atom stereocenters. The average molecular weight is 435 g/mol. The summed E-state index contributed by atoms with van der Waals surface area (Å²) in [6.45, 7) is 6.37. The number of aryl methyl sites for hydroxylation is 1. The number of nitrogens with one attached hydrogen (secondary N) is 1. The van der Waals surface area contributed by atoms with Gasteiger partial charge in [-0.3, -0.25) is 15.0 Å². The van der Waals surface area contributed by atoms with Crippen molar-refractivity contribution in [1.82, 2.24) is 24.8 Å². The molecule has 1 saturated heterocycles. The zero-order chi connectivity index (χ0) is 22.1. The smallest absolute Gasteiger partial charge is 0.229 e. The third kappa shape index (κ3) is 4.52. The van der Waals surface area contributed by atoms with E-state index in [-0.39, 0.29) is 11.8 Å². The topological polar surface area (TPSA) is 87.4 Å². The summed E-state index contributed by atoms with van der Waals surface area (Å²) in [6.07, 6.45) is 7.40. The molecule has 1 amide bonds. The van der Waals surface area contributed by atoms with E-state index in [2.05, 4.69) is 37.1 Å². The fourth-order valence-corrected chi connectivity index (χ4v) is 4.84. The van der Waals surface area contributed by atoms with E-state index >= 15 is 0 Å². The van der Waals surface area contributed by atoms with Crippen LogP contribution in [0, 0.1) is 12.8 Å². The number of anilines is 1. The minimum Gasteiger partial charge on any atom is -0.449 e. The van der Waals surface area contributed by atoms with Crippen molar-refractivity contribution in [3.8, 4) is 11.3 Å². The van der Waals surface area contributed by atoms with Gasteiger partial charge in [0.05, 0.1) is 5.52 Å². The van der Waals surface area contributed by atoms with Crippen LogP contribution < -0.4 is 5.32 Å². The minimum atomic E-state index is 0.0300. The molecule has 2 fully saturated rings. The summed E-state index contributed by atoms with van der Waals surface area (Å²) in [5.74, 6) is 1.04. The van der Waals surface area contributed by atoms with Crippen molar-refractivity contribution in [3.63, 3.8) is 0 Å². The van der Waals surface area contributed by atoms with Gasteiger partial charge in [0.25, 0.3) is 0 Å². The van der Waals surface area contributed by atoms with Crippen LogP contribution in [0.4, 0.5) is 5.95 Å². The van der Waals surface area contributed by atoms with Crippen molar-refractivity contribution in [1.29, 1.82) is 0 Å². The Morgan fingerprint density at radius 1 is 1.09 bits per heavy atom. The third-order valence-corrected chi connectivity index (χ3v) is 6.85. The lowest BCUT2D eigenvalue weighted by molar-refractivity contribution is -0.121. The predicted octanol–water partition coefficient (Wildman–Crippen LogP) is 3.34. The molecule has 1 saturated carbocycles. The number of amides is 1. The standard InChI is InChI=1S/C24H30N6O2/c1-16-26-22(15-32-16)18-3-4-19-14-25-24(27-21(19)13-18)28-23(31)17-5-7-20(8-6-17)30-11-9-29(2)10-12-30/h3-4,13-15,17,20H,5-12H2,1-2H3,(H,25,27,28,31)/t17-,20-. The first kappa shape index (κ1) is 21.0. The van der Waals surface area contributed by atoms with E-state index in [4.69, 9.17) is 4.42 Å². The average Bonchev–Trinajstić information content (AvgIpc) is 3.25. The zero-order valence-corrected chi connectivity index (χ0v) is 18.8. The Balaban J connectivity index is 1.22. The summed E-state index contributed by atoms with van der Waals surface area (Å²) < 4.78 is 5.32. The fraction of sp³-hybridized carbons (Fsp3) is 0.500.